The lowest BCUT2D eigenvalue weighted by atomic mass is 9.64. The van der Waals surface area contributed by atoms with Crippen LogP contribution in [0.1, 0.15) is 182 Å². The molecule has 2 saturated carbocycles. The molecule has 14 rings (SSSR count). The molecule has 5 amide bonds. The van der Waals surface area contributed by atoms with E-state index in [0.717, 1.165) is 115 Å². The maximum absolute atomic E-state index is 13.3. The highest BCUT2D eigenvalue weighted by molar-refractivity contribution is 7.14. The molecule has 11 aromatic rings. The fourth-order valence-corrected chi connectivity index (χ4v) is 18.5. The van der Waals surface area contributed by atoms with E-state index >= 15 is 0 Å². The van der Waals surface area contributed by atoms with Crippen LogP contribution in [-0.4, -0.2) is 123 Å². The summed E-state index contributed by atoms with van der Waals surface area (Å²) in [7, 11) is 1.65. The Bertz CT molecular complexity index is 5720. The molecule has 20 N–H and O–H groups in total. The normalized spacial score (nSPS) is 16.6. The van der Waals surface area contributed by atoms with Gasteiger partial charge in [0.2, 0.25) is 29.5 Å². The van der Waals surface area contributed by atoms with Gasteiger partial charge in [0.1, 0.15) is 35.1 Å². The molecule has 3 aliphatic rings. The number of carbonyl (C=O) groups is 8. The number of amides is 5. The smallest absolute Gasteiger partial charge is 0.242 e. The topological polar surface area (TPSA) is 453 Å². The molecule has 26 heteroatoms. The summed E-state index contributed by atoms with van der Waals surface area (Å²) in [4.78, 5) is 115. The minimum atomic E-state index is -0.625. The molecule has 0 bridgehead atoms. The zero-order chi connectivity index (χ0) is 93.5. The number of nitrogens with zero attached hydrogens (tertiary/aromatic N) is 3. The van der Waals surface area contributed by atoms with Gasteiger partial charge in [0, 0.05) is 85.0 Å². The monoisotopic (exact) mass is 1790 g/mol. The number of Topliss-reactive ketones (excluding diaryl/α,β-unsaturated/α-hetero) is 3. The lowest BCUT2D eigenvalue weighted by molar-refractivity contribution is -0.138. The maximum atomic E-state index is 13.3. The highest BCUT2D eigenvalue weighted by Gasteiger charge is 2.39. The molecule has 4 unspecified atom stereocenters. The van der Waals surface area contributed by atoms with Gasteiger partial charge in [-0.05, 0) is 186 Å². The maximum Gasteiger partial charge on any atom is 0.242 e. The third-order valence-corrected chi connectivity index (χ3v) is 26.9. The van der Waals surface area contributed by atoms with E-state index in [4.69, 9.17) is 50.6 Å². The van der Waals surface area contributed by atoms with E-state index in [0.29, 0.717) is 97.5 Å². The van der Waals surface area contributed by atoms with E-state index in [1.807, 2.05) is 166 Å². The molecule has 4 heterocycles. The highest BCUT2D eigenvalue weighted by Crippen LogP contribution is 2.46. The van der Waals surface area contributed by atoms with Gasteiger partial charge in [0.15, 0.2) is 17.3 Å². The number of hydrogen-bond donors (Lipinski definition) is 14. The van der Waals surface area contributed by atoms with Crippen LogP contribution in [0.2, 0.25) is 0 Å². The van der Waals surface area contributed by atoms with Gasteiger partial charge < -0.3 is 65.9 Å². The molecule has 11 atom stereocenters. The molecule has 2 aliphatic carbocycles. The summed E-state index contributed by atoms with van der Waals surface area (Å²) < 4.78 is 0. The predicted octanol–water partition coefficient (Wildman–Crippen LogP) is 14.2. The summed E-state index contributed by atoms with van der Waals surface area (Å²) in [6, 6.07) is 66.9. The van der Waals surface area contributed by atoms with Crippen molar-refractivity contribution in [3.63, 3.8) is 0 Å². The van der Waals surface area contributed by atoms with Gasteiger partial charge in [0.05, 0.1) is 35.6 Å². The quantitative estimate of drug-likeness (QED) is 0.00977. The zero-order valence-corrected chi connectivity index (χ0v) is 76.4. The molecule has 1 aliphatic heterocycles. The van der Waals surface area contributed by atoms with Gasteiger partial charge in [0.25, 0.3) is 0 Å². The minimum Gasteiger partial charge on any atom is -0.384 e. The van der Waals surface area contributed by atoms with Crippen LogP contribution in [0.3, 0.4) is 0 Å². The Hall–Kier alpha value is -13.0. The van der Waals surface area contributed by atoms with Crippen LogP contribution in [0, 0.1) is 51.7 Å². The number of thiophene rings is 1. The number of nitrogens with two attached hydrogens (primary N) is 6. The molecular weight excluding hydrogens is 1660 g/mol. The number of carbonyl (C=O) groups excluding carboxylic acids is 8. The molecule has 0 radical (unpaired) electrons. The van der Waals surface area contributed by atoms with Crippen LogP contribution in [0.25, 0.3) is 32.3 Å². The van der Waals surface area contributed by atoms with Crippen LogP contribution in [0.15, 0.2) is 231 Å². The number of likely N-dealkylation sites (N-methyl/N-ethyl adjacent to an activating group) is 1. The third kappa shape index (κ3) is 28.7. The number of hydrogen-bond acceptors (Lipinski definition) is 18. The summed E-state index contributed by atoms with van der Waals surface area (Å²) in [5, 5.41) is 44.2. The fraction of sp³-hybridized carbons (Fsp3) is 0.362. The van der Waals surface area contributed by atoms with Crippen LogP contribution in [-0.2, 0) is 78.9 Å². The highest BCUT2D eigenvalue weighted by atomic mass is 32.1. The Morgan fingerprint density at radius 2 is 1.11 bits per heavy atom. The van der Waals surface area contributed by atoms with Gasteiger partial charge in [-0.15, -0.1) is 11.3 Å². The van der Waals surface area contributed by atoms with Gasteiger partial charge in [-0.3, -0.25) is 59.6 Å². The van der Waals surface area contributed by atoms with Crippen molar-refractivity contribution >= 4 is 114 Å². The van der Waals surface area contributed by atoms with Crippen molar-refractivity contribution < 1.29 is 38.4 Å². The standard InChI is InChI=1S/C28H26N4O2.C27H30N4O2.C25H41N5O2S.C25H30N4O2/c29-27(30)21-13-11-19(12-14-21)18-32-28(34)23(17-26(33)25-10-3-4-15-31-25)16-22-8-5-7-20-6-1-2-9-24(20)22;28-26(29)20-12-10-18(11-13-20)17-31-27(33)22(16-25(32)24-9-4-14-30-24)15-21-7-3-6-19-5-1-2-8-23(19)21;1-3-15(2)22(26)25(32)30-20(13-17-9-6-8-16-7-4-5-10-19(16)17)24(31)29-14-18-11-12-21(33-18)23(27)28;1-17(29(2)25(31)22(26)12-9-18-6-4-3-5-7-18)23(30)13-10-19-8-11-21-20(16-19)14-15-28-24(21)27/h1-15,23H,16-18H2,(H3,29,30)(H,32,34);1-3,5-8,10-13,22,24,30H,4,9,14-17H2,(H3,28,29)(H,31,33);11-12,15-17,19-20,22H,3-10,13-14,26H2,1-2H3,(H3,27,28)(H,29,31)(H,30,32);3-8,11,14-17,22H,9-10,12-13,26H2,1-2H3,(H2,27,28)/t23-;22-,24-;15?,16?,17?,19?,20-,22-;17-,22+/m1110/s1. The summed E-state index contributed by atoms with van der Waals surface area (Å²) in [5.41, 5.74) is 42.5. The first-order chi connectivity index (χ1) is 63.2. The summed E-state index contributed by atoms with van der Waals surface area (Å²) in [6.07, 6.45) is 18.8. The van der Waals surface area contributed by atoms with E-state index in [1.54, 1.807) is 74.9 Å². The fourth-order valence-electron chi connectivity index (χ4n) is 17.7. The van der Waals surface area contributed by atoms with Crippen LogP contribution in [0.5, 0.6) is 0 Å². The number of nitrogen functional groups attached to an aromatic ring is 4. The molecule has 3 fully saturated rings. The van der Waals surface area contributed by atoms with Gasteiger partial charge in [-0.2, -0.15) is 0 Å². The molecular formula is C105H127N17O8S. The van der Waals surface area contributed by atoms with E-state index in [9.17, 15) is 38.4 Å². The number of anilines is 1. The lowest BCUT2D eigenvalue weighted by Crippen LogP contribution is -2.54. The average Bonchev–Trinajstić information content (AvgIpc) is 0.884. The SMILES string of the molecule is CCC(C)[C@@H](N)C(=O)N[C@H](CC1CCCC2CCCCC21)C(=O)NCc1ccc(C(=N)N)s1.C[C@@H](C(=O)CCc1ccc2c(N)nccc2c1)N(C)C(=O)[C@H](N)CCc1ccccc1.N=C(N)c1ccc(CNC(=O)[C@@H](CC(=O)[C@H]2CCCN2)Cc2cccc3ccccc23)cc1.N=C(N)c1ccc(CNC(=O)[C@@H](CC(=O)c2ccccn2)Cc2cccc3ccccc23)cc1. The predicted molar refractivity (Wildman–Crippen MR) is 523 cm³/mol. The molecule has 1 saturated heterocycles. The molecule has 0 spiro atoms. The summed E-state index contributed by atoms with van der Waals surface area (Å²) in [5.74, 6) is 0.568. The van der Waals surface area contributed by atoms with Crippen molar-refractivity contribution in [1.82, 2.24) is 41.5 Å². The number of nitrogens with one attached hydrogen (secondary N) is 8. The molecule has 25 nitrogen and oxygen atoms in total. The first kappa shape index (κ1) is 98.6. The third-order valence-electron chi connectivity index (χ3n) is 25.8. The number of aryl methyl sites for hydroxylation is 2. The Morgan fingerprint density at radius 1 is 0.534 bits per heavy atom. The number of benzene rings is 8. The second kappa shape index (κ2) is 49.1. The molecule has 686 valence electrons. The number of fused-ring (bicyclic) bond motifs is 4. The number of aromatic nitrogens is 2. The molecule has 3 aromatic heterocycles. The van der Waals surface area contributed by atoms with Gasteiger partial charge in [-0.1, -0.05) is 247 Å². The second-order valence-corrected chi connectivity index (χ2v) is 36.0. The minimum absolute atomic E-state index is 0.00114. The number of ketones is 3. The van der Waals surface area contributed by atoms with E-state index < -0.39 is 36.0 Å². The van der Waals surface area contributed by atoms with Crippen LogP contribution >= 0.6 is 11.3 Å². The van der Waals surface area contributed by atoms with Crippen LogP contribution < -0.4 is 61.0 Å². The first-order valence-electron chi connectivity index (χ1n) is 45.7. The van der Waals surface area contributed by atoms with Crippen molar-refractivity contribution in [3.05, 3.63) is 291 Å². The number of amidine groups is 3. The second-order valence-electron chi connectivity index (χ2n) is 34.9. The summed E-state index contributed by atoms with van der Waals surface area (Å²) >= 11 is 1.40. The number of rotatable bonds is 37. The van der Waals surface area contributed by atoms with Crippen molar-refractivity contribution in [2.24, 2.45) is 64.2 Å². The van der Waals surface area contributed by atoms with E-state index in [-0.39, 0.29) is 89.2 Å². The van der Waals surface area contributed by atoms with Crippen LogP contribution in [0.4, 0.5) is 5.82 Å². The Balaban J connectivity index is 0.000000169. The van der Waals surface area contributed by atoms with Gasteiger partial charge in [-0.25, -0.2) is 4.98 Å². The Morgan fingerprint density at radius 3 is 1.70 bits per heavy atom. The Labute approximate surface area is 772 Å². The van der Waals surface area contributed by atoms with Crippen molar-refractivity contribution in [2.75, 3.05) is 19.3 Å². The molecule has 131 heavy (non-hydrogen) atoms. The van der Waals surface area contributed by atoms with Crippen molar-refractivity contribution in [1.29, 1.82) is 16.2 Å². The van der Waals surface area contributed by atoms with E-state index in [2.05, 4.69) is 54.8 Å². The summed E-state index contributed by atoms with van der Waals surface area (Å²) in [6.45, 7) is 7.64. The van der Waals surface area contributed by atoms with Crippen molar-refractivity contribution in [2.45, 2.75) is 193 Å². The average molecular weight is 1790 g/mol. The largest absolute Gasteiger partial charge is 0.384 e. The first-order valence-corrected chi connectivity index (χ1v) is 46.5. The molecule has 8 aromatic carbocycles. The van der Waals surface area contributed by atoms with Gasteiger partial charge >= 0.3 is 0 Å². The van der Waals surface area contributed by atoms with E-state index in [1.165, 1.54) is 54.8 Å². The number of pyridine rings is 2. The lowest BCUT2D eigenvalue weighted by Gasteiger charge is -2.42. The Kier molecular flexibility index (Phi) is 37.0. The zero-order valence-electron chi connectivity index (χ0n) is 75.5. The van der Waals surface area contributed by atoms with Crippen molar-refractivity contribution in [3.8, 4) is 0 Å².